The van der Waals surface area contributed by atoms with Crippen molar-refractivity contribution >= 4 is 34.6 Å². The first-order chi connectivity index (χ1) is 8.56. The molecule has 0 aliphatic carbocycles. The van der Waals surface area contributed by atoms with Gasteiger partial charge in [-0.3, -0.25) is 0 Å². The van der Waals surface area contributed by atoms with Crippen molar-refractivity contribution in [2.24, 2.45) is 0 Å². The molecule has 0 bridgehead atoms. The van der Waals surface area contributed by atoms with Gasteiger partial charge in [-0.2, -0.15) is 0 Å². The van der Waals surface area contributed by atoms with E-state index in [0.29, 0.717) is 16.4 Å². The summed E-state index contributed by atoms with van der Waals surface area (Å²) in [5.41, 5.74) is 7.51. The molecule has 0 amide bonds. The van der Waals surface area contributed by atoms with Crippen molar-refractivity contribution in [1.82, 2.24) is 0 Å². The zero-order valence-electron chi connectivity index (χ0n) is 9.35. The number of halogens is 1. The van der Waals surface area contributed by atoms with Crippen LogP contribution >= 0.6 is 11.6 Å². The van der Waals surface area contributed by atoms with Gasteiger partial charge in [-0.15, -0.1) is 0 Å². The Morgan fingerprint density at radius 2 is 1.83 bits per heavy atom. The molecule has 92 valence electrons. The number of anilines is 3. The number of carboxylic acid groups (broad SMARTS) is 1. The van der Waals surface area contributed by atoms with E-state index in [4.69, 9.17) is 22.4 Å². The van der Waals surface area contributed by atoms with Crippen molar-refractivity contribution in [2.45, 2.75) is 0 Å². The SMILES string of the molecule is Nc1ccc(C(=O)O)c(Nc2ccc(Cl)cc2)c1. The number of carbonyl (C=O) groups is 1. The van der Waals surface area contributed by atoms with Crippen molar-refractivity contribution in [1.29, 1.82) is 0 Å². The minimum absolute atomic E-state index is 0.166. The Labute approximate surface area is 109 Å². The summed E-state index contributed by atoms with van der Waals surface area (Å²) in [4.78, 5) is 11.1. The molecule has 0 heterocycles. The highest BCUT2D eigenvalue weighted by molar-refractivity contribution is 6.30. The highest BCUT2D eigenvalue weighted by atomic mass is 35.5. The fraction of sp³-hybridized carbons (Fsp3) is 0. The van der Waals surface area contributed by atoms with Crippen LogP contribution in [0.15, 0.2) is 42.5 Å². The number of nitrogens with two attached hydrogens (primary N) is 1. The Hall–Kier alpha value is -2.20. The molecule has 0 atom stereocenters. The predicted octanol–water partition coefficient (Wildman–Crippen LogP) is 3.36. The molecule has 0 spiro atoms. The molecular formula is C13H11ClN2O2. The van der Waals surface area contributed by atoms with Crippen LogP contribution in [-0.2, 0) is 0 Å². The number of aromatic carboxylic acids is 1. The van der Waals surface area contributed by atoms with Gasteiger partial charge in [0, 0.05) is 16.4 Å². The molecule has 0 saturated heterocycles. The molecule has 0 fully saturated rings. The second-order valence-corrected chi connectivity index (χ2v) is 4.18. The number of hydrogen-bond donors (Lipinski definition) is 3. The molecule has 0 unspecified atom stereocenters. The van der Waals surface area contributed by atoms with Crippen molar-refractivity contribution in [3.8, 4) is 0 Å². The summed E-state index contributed by atoms with van der Waals surface area (Å²) in [5.74, 6) is -1.01. The van der Waals surface area contributed by atoms with Gasteiger partial charge < -0.3 is 16.2 Å². The lowest BCUT2D eigenvalue weighted by atomic mass is 10.1. The van der Waals surface area contributed by atoms with Crippen molar-refractivity contribution < 1.29 is 9.90 Å². The van der Waals surface area contributed by atoms with E-state index in [0.717, 1.165) is 5.69 Å². The lowest BCUT2D eigenvalue weighted by molar-refractivity contribution is 0.0698. The average molecular weight is 263 g/mol. The predicted molar refractivity (Wildman–Crippen MR) is 72.5 cm³/mol. The number of rotatable bonds is 3. The number of nitrogens with one attached hydrogen (secondary N) is 1. The number of benzene rings is 2. The van der Waals surface area contributed by atoms with E-state index < -0.39 is 5.97 Å². The van der Waals surface area contributed by atoms with Gasteiger partial charge in [0.25, 0.3) is 0 Å². The maximum absolute atomic E-state index is 11.1. The summed E-state index contributed by atoms with van der Waals surface area (Å²) in [7, 11) is 0. The Kier molecular flexibility index (Phi) is 3.39. The number of nitrogen functional groups attached to an aromatic ring is 1. The molecule has 0 aliphatic rings. The quantitative estimate of drug-likeness (QED) is 0.742. The van der Waals surface area contributed by atoms with Crippen LogP contribution in [0.1, 0.15) is 10.4 Å². The maximum atomic E-state index is 11.1. The Morgan fingerprint density at radius 3 is 2.44 bits per heavy atom. The van der Waals surface area contributed by atoms with E-state index >= 15 is 0 Å². The Balaban J connectivity index is 2.35. The summed E-state index contributed by atoms with van der Waals surface area (Å²) in [6, 6.07) is 11.6. The average Bonchev–Trinajstić information content (AvgIpc) is 2.32. The van der Waals surface area contributed by atoms with Crippen LogP contribution in [0.25, 0.3) is 0 Å². The third kappa shape index (κ3) is 2.73. The molecule has 0 saturated carbocycles. The van der Waals surface area contributed by atoms with Gasteiger partial charge in [0.15, 0.2) is 0 Å². The first-order valence-electron chi connectivity index (χ1n) is 5.21. The zero-order valence-corrected chi connectivity index (χ0v) is 10.1. The van der Waals surface area contributed by atoms with Crippen LogP contribution in [0.3, 0.4) is 0 Å². The molecule has 2 aromatic rings. The maximum Gasteiger partial charge on any atom is 0.337 e. The molecule has 18 heavy (non-hydrogen) atoms. The topological polar surface area (TPSA) is 75.4 Å². The molecule has 0 aliphatic heterocycles. The van der Waals surface area contributed by atoms with Crippen LogP contribution in [-0.4, -0.2) is 11.1 Å². The highest BCUT2D eigenvalue weighted by Gasteiger charge is 2.10. The minimum atomic E-state index is -1.01. The number of carboxylic acids is 1. The normalized spacial score (nSPS) is 10.1. The molecule has 4 N–H and O–H groups in total. The Morgan fingerprint density at radius 1 is 1.17 bits per heavy atom. The van der Waals surface area contributed by atoms with Crippen LogP contribution in [0, 0.1) is 0 Å². The van der Waals surface area contributed by atoms with Crippen LogP contribution in [0.4, 0.5) is 17.1 Å². The summed E-state index contributed by atoms with van der Waals surface area (Å²) < 4.78 is 0. The van der Waals surface area contributed by atoms with E-state index in [9.17, 15) is 4.79 Å². The molecule has 0 radical (unpaired) electrons. The summed E-state index contributed by atoms with van der Waals surface area (Å²) in [6.45, 7) is 0. The van der Waals surface area contributed by atoms with E-state index in [1.54, 1.807) is 36.4 Å². The van der Waals surface area contributed by atoms with Crippen LogP contribution in [0.2, 0.25) is 5.02 Å². The number of hydrogen-bond acceptors (Lipinski definition) is 3. The smallest absolute Gasteiger partial charge is 0.337 e. The molecule has 2 aromatic carbocycles. The monoisotopic (exact) mass is 262 g/mol. The van der Waals surface area contributed by atoms with Gasteiger partial charge in [-0.1, -0.05) is 11.6 Å². The first kappa shape index (κ1) is 12.3. The molecule has 5 heteroatoms. The van der Waals surface area contributed by atoms with Gasteiger partial charge in [-0.05, 0) is 42.5 Å². The third-order valence-corrected chi connectivity index (χ3v) is 2.65. The molecule has 4 nitrogen and oxygen atoms in total. The van der Waals surface area contributed by atoms with E-state index in [1.165, 1.54) is 6.07 Å². The standard InChI is InChI=1S/C13H11ClN2O2/c14-8-1-4-10(5-2-8)16-12-7-9(15)3-6-11(12)13(17)18/h1-7,16H,15H2,(H,17,18). The lowest BCUT2D eigenvalue weighted by Crippen LogP contribution is -2.03. The van der Waals surface area contributed by atoms with Gasteiger partial charge in [0.1, 0.15) is 0 Å². The first-order valence-corrected chi connectivity index (χ1v) is 5.59. The summed E-state index contributed by atoms with van der Waals surface area (Å²) >= 11 is 5.78. The summed E-state index contributed by atoms with van der Waals surface area (Å²) in [5, 5.41) is 12.7. The van der Waals surface area contributed by atoms with Gasteiger partial charge in [-0.25, -0.2) is 4.79 Å². The van der Waals surface area contributed by atoms with E-state index in [1.807, 2.05) is 0 Å². The largest absolute Gasteiger partial charge is 0.478 e. The fourth-order valence-electron chi connectivity index (χ4n) is 1.54. The highest BCUT2D eigenvalue weighted by Crippen LogP contribution is 2.24. The zero-order chi connectivity index (χ0) is 13.1. The molecule has 0 aromatic heterocycles. The molecular weight excluding hydrogens is 252 g/mol. The minimum Gasteiger partial charge on any atom is -0.478 e. The third-order valence-electron chi connectivity index (χ3n) is 2.40. The van der Waals surface area contributed by atoms with Crippen LogP contribution < -0.4 is 11.1 Å². The Bertz CT molecular complexity index is 582. The second kappa shape index (κ2) is 4.98. The second-order valence-electron chi connectivity index (χ2n) is 3.74. The summed E-state index contributed by atoms with van der Waals surface area (Å²) in [6.07, 6.45) is 0. The fourth-order valence-corrected chi connectivity index (χ4v) is 1.67. The van der Waals surface area contributed by atoms with Crippen molar-refractivity contribution in [2.75, 3.05) is 11.1 Å². The van der Waals surface area contributed by atoms with Gasteiger partial charge in [0.2, 0.25) is 0 Å². The lowest BCUT2D eigenvalue weighted by Gasteiger charge is -2.10. The van der Waals surface area contributed by atoms with Gasteiger partial charge >= 0.3 is 5.97 Å². The molecule has 2 rings (SSSR count). The van der Waals surface area contributed by atoms with Crippen molar-refractivity contribution in [3.05, 3.63) is 53.1 Å². The van der Waals surface area contributed by atoms with Gasteiger partial charge in [0.05, 0.1) is 11.3 Å². The van der Waals surface area contributed by atoms with Crippen LogP contribution in [0.5, 0.6) is 0 Å². The van der Waals surface area contributed by atoms with E-state index in [-0.39, 0.29) is 5.56 Å². The van der Waals surface area contributed by atoms with Crippen molar-refractivity contribution in [3.63, 3.8) is 0 Å². The van der Waals surface area contributed by atoms with E-state index in [2.05, 4.69) is 5.32 Å².